The van der Waals surface area contributed by atoms with E-state index >= 15 is 0 Å². The first-order valence-corrected chi connectivity index (χ1v) is 6.28. The van der Waals surface area contributed by atoms with Crippen molar-refractivity contribution >= 4 is 5.69 Å². The van der Waals surface area contributed by atoms with Crippen molar-refractivity contribution in [2.75, 3.05) is 19.8 Å². The van der Waals surface area contributed by atoms with Crippen LogP contribution in [0.25, 0.3) is 0 Å². The maximum Gasteiger partial charge on any atom is 0.273 e. The summed E-state index contributed by atoms with van der Waals surface area (Å²) in [6, 6.07) is 6.86. The van der Waals surface area contributed by atoms with E-state index in [0.29, 0.717) is 12.5 Å². The van der Waals surface area contributed by atoms with Gasteiger partial charge in [0.15, 0.2) is 0 Å². The second-order valence-corrected chi connectivity index (χ2v) is 4.58. The molecule has 1 aromatic carbocycles. The van der Waals surface area contributed by atoms with Gasteiger partial charge in [-0.1, -0.05) is 18.2 Å². The quantitative estimate of drug-likeness (QED) is 0.477. The molecular weight excluding hydrogens is 232 g/mol. The number of benzene rings is 1. The second-order valence-electron chi connectivity index (χ2n) is 4.58. The van der Waals surface area contributed by atoms with Crippen LogP contribution in [0.5, 0.6) is 0 Å². The molecule has 2 rings (SSSR count). The first kappa shape index (κ1) is 13.0. The summed E-state index contributed by atoms with van der Waals surface area (Å²) in [5.74, 6) is 0.642. The Morgan fingerprint density at radius 3 is 3.00 bits per heavy atom. The highest BCUT2D eigenvalue weighted by Crippen LogP contribution is 2.18. The van der Waals surface area contributed by atoms with Crippen LogP contribution < -0.4 is 5.32 Å². The van der Waals surface area contributed by atoms with Gasteiger partial charge in [-0.15, -0.1) is 0 Å². The predicted octanol–water partition coefficient (Wildman–Crippen LogP) is 2.11. The summed E-state index contributed by atoms with van der Waals surface area (Å²) in [6.45, 7) is 3.15. The lowest BCUT2D eigenvalue weighted by atomic mass is 10.1. The predicted molar refractivity (Wildman–Crippen MR) is 68.3 cm³/mol. The molecule has 0 aliphatic carbocycles. The second kappa shape index (κ2) is 6.47. The molecule has 0 spiro atoms. The third-order valence-electron chi connectivity index (χ3n) is 3.26. The summed E-state index contributed by atoms with van der Waals surface area (Å²) in [4.78, 5) is 10.5. The van der Waals surface area contributed by atoms with Crippen molar-refractivity contribution < 1.29 is 9.66 Å². The van der Waals surface area contributed by atoms with Gasteiger partial charge in [-0.2, -0.15) is 0 Å². The zero-order valence-electron chi connectivity index (χ0n) is 10.3. The first-order chi connectivity index (χ1) is 8.77. The molecule has 1 aromatic rings. The van der Waals surface area contributed by atoms with Crippen molar-refractivity contribution in [3.63, 3.8) is 0 Å². The van der Waals surface area contributed by atoms with E-state index in [1.165, 1.54) is 0 Å². The standard InChI is InChI=1S/C13H18N2O3/c16-15(17)13-4-2-1-3-12(13)9-14-7-5-11-6-8-18-10-11/h1-4,11,14H,5-10H2. The van der Waals surface area contributed by atoms with Crippen LogP contribution in [-0.4, -0.2) is 24.7 Å². The van der Waals surface area contributed by atoms with Crippen LogP contribution in [0.2, 0.25) is 0 Å². The van der Waals surface area contributed by atoms with Crippen LogP contribution in [0.15, 0.2) is 24.3 Å². The van der Waals surface area contributed by atoms with Crippen molar-refractivity contribution in [1.29, 1.82) is 0 Å². The Morgan fingerprint density at radius 1 is 1.44 bits per heavy atom. The fraction of sp³-hybridized carbons (Fsp3) is 0.538. The van der Waals surface area contributed by atoms with E-state index < -0.39 is 0 Å². The highest BCUT2D eigenvalue weighted by molar-refractivity contribution is 5.39. The van der Waals surface area contributed by atoms with Gasteiger partial charge in [0, 0.05) is 31.4 Å². The van der Waals surface area contributed by atoms with Crippen molar-refractivity contribution in [3.05, 3.63) is 39.9 Å². The molecule has 1 atom stereocenters. The molecule has 1 saturated heterocycles. The Morgan fingerprint density at radius 2 is 2.28 bits per heavy atom. The molecular formula is C13H18N2O3. The van der Waals surface area contributed by atoms with Gasteiger partial charge >= 0.3 is 0 Å². The molecule has 0 amide bonds. The van der Waals surface area contributed by atoms with Crippen molar-refractivity contribution in [1.82, 2.24) is 5.32 Å². The number of ether oxygens (including phenoxy) is 1. The SMILES string of the molecule is O=[N+]([O-])c1ccccc1CNCCC1CCOC1. The summed E-state index contributed by atoms with van der Waals surface area (Å²) >= 11 is 0. The molecule has 5 nitrogen and oxygen atoms in total. The normalized spacial score (nSPS) is 19.0. The van der Waals surface area contributed by atoms with E-state index in [-0.39, 0.29) is 10.6 Å². The topological polar surface area (TPSA) is 64.4 Å². The zero-order chi connectivity index (χ0) is 12.8. The average molecular weight is 250 g/mol. The fourth-order valence-electron chi connectivity index (χ4n) is 2.18. The minimum Gasteiger partial charge on any atom is -0.381 e. The summed E-state index contributed by atoms with van der Waals surface area (Å²) < 4.78 is 5.31. The van der Waals surface area contributed by atoms with Gasteiger partial charge < -0.3 is 10.1 Å². The molecule has 1 fully saturated rings. The maximum atomic E-state index is 10.8. The van der Waals surface area contributed by atoms with Crippen molar-refractivity contribution in [2.24, 2.45) is 5.92 Å². The van der Waals surface area contributed by atoms with Gasteiger partial charge in [-0.3, -0.25) is 10.1 Å². The Kier molecular flexibility index (Phi) is 4.66. The number of nitro groups is 1. The third-order valence-corrected chi connectivity index (χ3v) is 3.26. The Bertz CT molecular complexity index is 403. The molecule has 1 unspecified atom stereocenters. The molecule has 0 radical (unpaired) electrons. The van der Waals surface area contributed by atoms with Gasteiger partial charge in [0.05, 0.1) is 4.92 Å². The lowest BCUT2D eigenvalue weighted by molar-refractivity contribution is -0.385. The molecule has 1 heterocycles. The average Bonchev–Trinajstić information content (AvgIpc) is 2.88. The van der Waals surface area contributed by atoms with Crippen molar-refractivity contribution in [3.8, 4) is 0 Å². The summed E-state index contributed by atoms with van der Waals surface area (Å²) in [5, 5.41) is 14.1. The minimum atomic E-state index is -0.332. The number of nitrogens with zero attached hydrogens (tertiary/aromatic N) is 1. The van der Waals surface area contributed by atoms with Gasteiger partial charge in [0.25, 0.3) is 5.69 Å². The summed E-state index contributed by atoms with van der Waals surface area (Å²) in [7, 11) is 0. The highest BCUT2D eigenvalue weighted by Gasteiger charge is 2.15. The molecule has 5 heteroatoms. The van der Waals surface area contributed by atoms with Crippen LogP contribution >= 0.6 is 0 Å². The zero-order valence-corrected chi connectivity index (χ0v) is 10.3. The maximum absolute atomic E-state index is 10.8. The van der Waals surface area contributed by atoms with Crippen LogP contribution in [0.1, 0.15) is 18.4 Å². The number of para-hydroxylation sites is 1. The Labute approximate surface area is 106 Å². The number of hydrogen-bond acceptors (Lipinski definition) is 4. The highest BCUT2D eigenvalue weighted by atomic mass is 16.6. The van der Waals surface area contributed by atoms with Crippen LogP contribution in [0, 0.1) is 16.0 Å². The van der Waals surface area contributed by atoms with Gasteiger partial charge in [-0.05, 0) is 25.3 Å². The molecule has 98 valence electrons. The largest absolute Gasteiger partial charge is 0.381 e. The molecule has 1 aliphatic heterocycles. The summed E-state index contributed by atoms with van der Waals surface area (Å²) in [5.41, 5.74) is 0.930. The van der Waals surface area contributed by atoms with Crippen LogP contribution in [0.4, 0.5) is 5.69 Å². The van der Waals surface area contributed by atoms with Gasteiger partial charge in [-0.25, -0.2) is 0 Å². The monoisotopic (exact) mass is 250 g/mol. The number of nitrogens with one attached hydrogen (secondary N) is 1. The van der Waals surface area contributed by atoms with E-state index in [9.17, 15) is 10.1 Å². The lowest BCUT2D eigenvalue weighted by Crippen LogP contribution is -2.18. The number of rotatable bonds is 6. The van der Waals surface area contributed by atoms with E-state index in [0.717, 1.165) is 38.2 Å². The number of nitro benzene ring substituents is 1. The fourth-order valence-corrected chi connectivity index (χ4v) is 2.18. The van der Waals surface area contributed by atoms with E-state index in [2.05, 4.69) is 5.32 Å². The summed E-state index contributed by atoms with van der Waals surface area (Å²) in [6.07, 6.45) is 2.20. The molecule has 18 heavy (non-hydrogen) atoms. The van der Waals surface area contributed by atoms with E-state index in [4.69, 9.17) is 4.74 Å². The van der Waals surface area contributed by atoms with Gasteiger partial charge in [0.2, 0.25) is 0 Å². The lowest BCUT2D eigenvalue weighted by Gasteiger charge is -2.08. The van der Waals surface area contributed by atoms with E-state index in [1.54, 1.807) is 18.2 Å². The third kappa shape index (κ3) is 3.51. The first-order valence-electron chi connectivity index (χ1n) is 6.28. The molecule has 1 N–H and O–H groups in total. The molecule has 0 bridgehead atoms. The molecule has 1 aliphatic rings. The number of hydrogen-bond donors (Lipinski definition) is 1. The Hall–Kier alpha value is -1.46. The van der Waals surface area contributed by atoms with Gasteiger partial charge in [0.1, 0.15) is 0 Å². The van der Waals surface area contributed by atoms with Crippen LogP contribution in [-0.2, 0) is 11.3 Å². The Balaban J connectivity index is 1.77. The smallest absolute Gasteiger partial charge is 0.273 e. The minimum absolute atomic E-state index is 0.189. The van der Waals surface area contributed by atoms with E-state index in [1.807, 2.05) is 6.07 Å². The molecule has 0 saturated carbocycles. The molecule has 0 aromatic heterocycles. The van der Waals surface area contributed by atoms with Crippen LogP contribution in [0.3, 0.4) is 0 Å². The van der Waals surface area contributed by atoms with Crippen molar-refractivity contribution in [2.45, 2.75) is 19.4 Å².